The van der Waals surface area contributed by atoms with E-state index in [9.17, 15) is 13.2 Å². The summed E-state index contributed by atoms with van der Waals surface area (Å²) in [6.45, 7) is 0.632. The van der Waals surface area contributed by atoms with Crippen LogP contribution in [0.5, 0.6) is 0 Å². The third-order valence-electron chi connectivity index (χ3n) is 4.29. The normalized spacial score (nSPS) is 20.4. The zero-order valence-electron chi connectivity index (χ0n) is 13.1. The number of amides is 1. The Morgan fingerprint density at radius 1 is 1.00 bits per heavy atom. The average molecular weight is 364 g/mol. The van der Waals surface area contributed by atoms with Crippen LogP contribution in [0.15, 0.2) is 54.6 Å². The summed E-state index contributed by atoms with van der Waals surface area (Å²) >= 11 is 5.85. The summed E-state index contributed by atoms with van der Waals surface area (Å²) in [6.07, 6.45) is 0.408. The molecule has 1 amide bonds. The molecule has 2 aromatic rings. The minimum atomic E-state index is -3.28. The molecule has 1 aliphatic heterocycles. The summed E-state index contributed by atoms with van der Waals surface area (Å²) in [4.78, 5) is 14.2. The number of halogens is 1. The highest BCUT2D eigenvalue weighted by Crippen LogP contribution is 2.29. The van der Waals surface area contributed by atoms with Crippen molar-refractivity contribution in [3.63, 3.8) is 0 Å². The van der Waals surface area contributed by atoms with Crippen molar-refractivity contribution in [3.8, 4) is 0 Å². The molecule has 6 heteroatoms. The molecule has 0 spiro atoms. The van der Waals surface area contributed by atoms with Crippen LogP contribution < -0.4 is 0 Å². The first-order chi connectivity index (χ1) is 11.5. The molecule has 1 heterocycles. The van der Waals surface area contributed by atoms with Gasteiger partial charge in [-0.25, -0.2) is 8.42 Å². The quantitative estimate of drug-likeness (QED) is 0.822. The first-order valence-corrected chi connectivity index (χ1v) is 9.88. The molecule has 1 aliphatic rings. The van der Waals surface area contributed by atoms with E-state index in [0.717, 1.165) is 5.56 Å². The predicted octanol–water partition coefficient (Wildman–Crippen LogP) is 3.34. The summed E-state index contributed by atoms with van der Waals surface area (Å²) in [5.41, 5.74) is 1.31. The maximum Gasteiger partial charge on any atom is 0.253 e. The number of benzene rings is 2. The molecule has 24 heavy (non-hydrogen) atoms. The number of carbonyl (C=O) groups excluding carboxylic acids is 1. The van der Waals surface area contributed by atoms with E-state index in [1.54, 1.807) is 29.2 Å². The summed E-state index contributed by atoms with van der Waals surface area (Å²) in [6, 6.07) is 15.9. The highest BCUT2D eigenvalue weighted by Gasteiger charge is 2.32. The number of carbonyl (C=O) groups is 1. The highest BCUT2D eigenvalue weighted by atomic mass is 35.5. The molecular formula is C18H18ClNO3S. The third-order valence-corrected chi connectivity index (χ3v) is 6.67. The number of hydrogen-bond acceptors (Lipinski definition) is 3. The van der Waals surface area contributed by atoms with Gasteiger partial charge in [0.2, 0.25) is 0 Å². The zero-order valence-corrected chi connectivity index (χ0v) is 14.6. The van der Waals surface area contributed by atoms with E-state index in [1.807, 2.05) is 30.3 Å². The maximum atomic E-state index is 12.6. The van der Waals surface area contributed by atoms with Crippen LogP contribution in [0.4, 0.5) is 0 Å². The van der Waals surface area contributed by atoms with Crippen LogP contribution in [0.25, 0.3) is 0 Å². The molecule has 4 nitrogen and oxygen atoms in total. The Balaban J connectivity index is 1.81. The first-order valence-electron chi connectivity index (χ1n) is 7.79. The van der Waals surface area contributed by atoms with E-state index in [0.29, 0.717) is 23.6 Å². The molecule has 0 saturated carbocycles. The third kappa shape index (κ3) is 3.62. The topological polar surface area (TPSA) is 54.5 Å². The largest absolute Gasteiger partial charge is 0.338 e. The fraction of sp³-hybridized carbons (Fsp3) is 0.278. The van der Waals surface area contributed by atoms with Crippen molar-refractivity contribution in [2.45, 2.75) is 11.7 Å². The molecule has 1 atom stereocenters. The van der Waals surface area contributed by atoms with Gasteiger partial charge in [0.05, 0.1) is 11.0 Å². The molecule has 126 valence electrons. The molecule has 1 saturated heterocycles. The van der Waals surface area contributed by atoms with Gasteiger partial charge in [-0.2, -0.15) is 0 Å². The van der Waals surface area contributed by atoms with Crippen LogP contribution in [0.2, 0.25) is 5.02 Å². The van der Waals surface area contributed by atoms with Crippen molar-refractivity contribution in [2.75, 3.05) is 18.8 Å². The zero-order chi connectivity index (χ0) is 17.2. The molecule has 0 aromatic heterocycles. The smallest absolute Gasteiger partial charge is 0.253 e. The Hall–Kier alpha value is -1.85. The van der Waals surface area contributed by atoms with E-state index in [-0.39, 0.29) is 18.2 Å². The van der Waals surface area contributed by atoms with Crippen molar-refractivity contribution < 1.29 is 13.2 Å². The second-order valence-corrected chi connectivity index (χ2v) is 8.59. The monoisotopic (exact) mass is 363 g/mol. The van der Waals surface area contributed by atoms with Gasteiger partial charge < -0.3 is 4.90 Å². The van der Waals surface area contributed by atoms with Crippen LogP contribution in [0.3, 0.4) is 0 Å². The van der Waals surface area contributed by atoms with Gasteiger partial charge in [-0.3, -0.25) is 4.79 Å². The standard InChI is InChI=1S/C18H18ClNO3S/c19-16-8-6-15(7-9-16)18(21)20-11-10-17(24(22,23)13-12-20)14-4-2-1-3-5-14/h1-9,17H,10-13H2. The van der Waals surface area contributed by atoms with E-state index in [1.165, 1.54) is 0 Å². The van der Waals surface area contributed by atoms with Crippen LogP contribution in [0, 0.1) is 0 Å². The van der Waals surface area contributed by atoms with E-state index < -0.39 is 15.1 Å². The summed E-state index contributed by atoms with van der Waals surface area (Å²) in [7, 11) is -3.28. The minimum absolute atomic E-state index is 0.0219. The number of hydrogen-bond donors (Lipinski definition) is 0. The fourth-order valence-electron chi connectivity index (χ4n) is 2.96. The second kappa shape index (κ2) is 6.95. The summed E-state index contributed by atoms with van der Waals surface area (Å²) < 4.78 is 25.2. The van der Waals surface area contributed by atoms with Crippen molar-refractivity contribution >= 4 is 27.3 Å². The van der Waals surface area contributed by atoms with Gasteiger partial charge in [0.1, 0.15) is 0 Å². The molecule has 1 unspecified atom stereocenters. The number of sulfone groups is 1. The number of nitrogens with zero attached hydrogens (tertiary/aromatic N) is 1. The van der Waals surface area contributed by atoms with E-state index >= 15 is 0 Å². The molecule has 0 aliphatic carbocycles. The van der Waals surface area contributed by atoms with Crippen molar-refractivity contribution in [1.82, 2.24) is 4.90 Å². The Kier molecular flexibility index (Phi) is 4.92. The molecular weight excluding hydrogens is 346 g/mol. The van der Waals surface area contributed by atoms with Gasteiger partial charge in [-0.1, -0.05) is 41.9 Å². The lowest BCUT2D eigenvalue weighted by atomic mass is 10.1. The van der Waals surface area contributed by atoms with Crippen LogP contribution in [-0.4, -0.2) is 38.1 Å². The predicted molar refractivity (Wildman–Crippen MR) is 94.9 cm³/mol. The minimum Gasteiger partial charge on any atom is -0.338 e. The molecule has 1 fully saturated rings. The van der Waals surface area contributed by atoms with Gasteiger partial charge in [0.25, 0.3) is 5.91 Å². The van der Waals surface area contributed by atoms with Gasteiger partial charge in [-0.15, -0.1) is 0 Å². The van der Waals surface area contributed by atoms with Crippen molar-refractivity contribution in [3.05, 3.63) is 70.7 Å². The summed E-state index contributed by atoms with van der Waals surface area (Å²) in [5, 5.41) is 0.0100. The van der Waals surface area contributed by atoms with E-state index in [4.69, 9.17) is 11.6 Å². The van der Waals surface area contributed by atoms with E-state index in [2.05, 4.69) is 0 Å². The maximum absolute atomic E-state index is 12.6. The first kappa shape index (κ1) is 17.0. The van der Waals surface area contributed by atoms with Crippen molar-refractivity contribution in [1.29, 1.82) is 0 Å². The second-order valence-electron chi connectivity index (χ2n) is 5.85. The SMILES string of the molecule is O=C(c1ccc(Cl)cc1)N1CCC(c2ccccc2)S(=O)(=O)CC1. The van der Waals surface area contributed by atoms with Crippen LogP contribution in [-0.2, 0) is 9.84 Å². The lowest BCUT2D eigenvalue weighted by Crippen LogP contribution is -2.33. The van der Waals surface area contributed by atoms with Gasteiger partial charge in [-0.05, 0) is 36.2 Å². The molecule has 3 rings (SSSR count). The van der Waals surface area contributed by atoms with Gasteiger partial charge in [0.15, 0.2) is 9.84 Å². The van der Waals surface area contributed by atoms with Crippen molar-refractivity contribution in [2.24, 2.45) is 0 Å². The Labute approximate surface area is 147 Å². The average Bonchev–Trinajstić information content (AvgIpc) is 2.74. The highest BCUT2D eigenvalue weighted by molar-refractivity contribution is 7.91. The molecule has 0 radical (unpaired) electrons. The Morgan fingerprint density at radius 3 is 2.33 bits per heavy atom. The summed E-state index contributed by atoms with van der Waals surface area (Å²) in [5.74, 6) is -0.179. The lowest BCUT2D eigenvalue weighted by Gasteiger charge is -2.20. The van der Waals surface area contributed by atoms with Gasteiger partial charge in [0, 0.05) is 23.7 Å². The number of rotatable bonds is 2. The Morgan fingerprint density at radius 2 is 1.67 bits per heavy atom. The lowest BCUT2D eigenvalue weighted by molar-refractivity contribution is 0.0766. The molecule has 2 aromatic carbocycles. The van der Waals surface area contributed by atoms with Crippen LogP contribution in [0.1, 0.15) is 27.6 Å². The fourth-order valence-corrected chi connectivity index (χ4v) is 4.89. The Bertz CT molecular complexity index is 819. The van der Waals surface area contributed by atoms with Gasteiger partial charge >= 0.3 is 0 Å². The van der Waals surface area contributed by atoms with Crippen LogP contribution >= 0.6 is 11.6 Å². The molecule has 0 N–H and O–H groups in total. The molecule has 0 bridgehead atoms.